The Morgan fingerprint density at radius 2 is 1.90 bits per heavy atom. The van der Waals surface area contributed by atoms with Gasteiger partial charge in [0.2, 0.25) is 11.8 Å². The Hall–Kier alpha value is -3.26. The standard InChI is InChI=1S/C22H24N6O2/c1-2-30-21-19-16(13-3-8-17-18(11-13)24-10-9-23-17)12-25-20(19)27-22(28-21)26-14-4-6-15(29)7-5-14/h3,8-12,14-15,29H,2,4-7H2,1H3,(H2,25,26,27,28). The summed E-state index contributed by atoms with van der Waals surface area (Å²) in [6.07, 6.45) is 8.53. The third-order valence-corrected chi connectivity index (χ3v) is 5.59. The first-order valence-corrected chi connectivity index (χ1v) is 10.4. The molecule has 1 aromatic carbocycles. The molecule has 1 saturated carbocycles. The van der Waals surface area contributed by atoms with E-state index in [2.05, 4.69) is 25.3 Å². The highest BCUT2D eigenvalue weighted by atomic mass is 16.5. The third-order valence-electron chi connectivity index (χ3n) is 5.59. The molecule has 8 heteroatoms. The molecule has 4 aromatic rings. The van der Waals surface area contributed by atoms with E-state index in [0.717, 1.165) is 58.9 Å². The summed E-state index contributed by atoms with van der Waals surface area (Å²) in [6.45, 7) is 2.45. The Kier molecular flexibility index (Phi) is 4.92. The lowest BCUT2D eigenvalue weighted by molar-refractivity contribution is 0.126. The van der Waals surface area contributed by atoms with Crippen molar-refractivity contribution in [1.29, 1.82) is 0 Å². The molecule has 3 heterocycles. The number of fused-ring (bicyclic) bond motifs is 2. The van der Waals surface area contributed by atoms with Crippen molar-refractivity contribution < 1.29 is 9.84 Å². The minimum absolute atomic E-state index is 0.192. The summed E-state index contributed by atoms with van der Waals surface area (Å²) in [7, 11) is 0. The average Bonchev–Trinajstić information content (AvgIpc) is 3.19. The smallest absolute Gasteiger partial charge is 0.228 e. The summed E-state index contributed by atoms with van der Waals surface area (Å²) in [5.41, 5.74) is 4.38. The molecule has 30 heavy (non-hydrogen) atoms. The van der Waals surface area contributed by atoms with Crippen LogP contribution in [0.3, 0.4) is 0 Å². The van der Waals surface area contributed by atoms with Gasteiger partial charge in [-0.3, -0.25) is 9.97 Å². The molecule has 5 rings (SSSR count). The number of aliphatic hydroxyl groups excluding tert-OH is 1. The number of aliphatic hydroxyl groups is 1. The van der Waals surface area contributed by atoms with Gasteiger partial charge in [-0.25, -0.2) is 0 Å². The predicted octanol–water partition coefficient (Wildman–Crippen LogP) is 3.68. The maximum atomic E-state index is 9.73. The molecule has 0 amide bonds. The highest BCUT2D eigenvalue weighted by molar-refractivity contribution is 5.99. The van der Waals surface area contributed by atoms with Crippen molar-refractivity contribution in [3.05, 3.63) is 36.8 Å². The van der Waals surface area contributed by atoms with Crippen LogP contribution in [0.1, 0.15) is 32.6 Å². The lowest BCUT2D eigenvalue weighted by Gasteiger charge is -2.26. The van der Waals surface area contributed by atoms with Gasteiger partial charge in [0.1, 0.15) is 5.65 Å². The van der Waals surface area contributed by atoms with E-state index >= 15 is 0 Å². The number of ether oxygens (including phenoxy) is 1. The van der Waals surface area contributed by atoms with Gasteiger partial charge in [0, 0.05) is 30.2 Å². The summed E-state index contributed by atoms with van der Waals surface area (Å²) in [6, 6.07) is 6.26. The minimum atomic E-state index is -0.192. The maximum absolute atomic E-state index is 9.73. The first-order chi connectivity index (χ1) is 14.7. The van der Waals surface area contributed by atoms with Crippen molar-refractivity contribution in [3.63, 3.8) is 0 Å². The second-order valence-corrected chi connectivity index (χ2v) is 7.62. The number of aromatic amines is 1. The van der Waals surface area contributed by atoms with E-state index in [1.807, 2.05) is 31.3 Å². The van der Waals surface area contributed by atoms with Crippen LogP contribution < -0.4 is 10.1 Å². The van der Waals surface area contributed by atoms with Crippen LogP contribution in [-0.4, -0.2) is 48.8 Å². The van der Waals surface area contributed by atoms with Crippen molar-refractivity contribution in [2.75, 3.05) is 11.9 Å². The van der Waals surface area contributed by atoms with Crippen LogP contribution in [0.5, 0.6) is 5.88 Å². The van der Waals surface area contributed by atoms with Crippen LogP contribution in [-0.2, 0) is 0 Å². The van der Waals surface area contributed by atoms with Gasteiger partial charge in [-0.05, 0) is 50.3 Å². The minimum Gasteiger partial charge on any atom is -0.477 e. The summed E-state index contributed by atoms with van der Waals surface area (Å²) < 4.78 is 5.89. The van der Waals surface area contributed by atoms with Crippen molar-refractivity contribution in [1.82, 2.24) is 24.9 Å². The molecule has 8 nitrogen and oxygen atoms in total. The first-order valence-electron chi connectivity index (χ1n) is 10.4. The number of nitrogens with one attached hydrogen (secondary N) is 2. The van der Waals surface area contributed by atoms with Gasteiger partial charge in [0.25, 0.3) is 0 Å². The number of nitrogens with zero attached hydrogens (tertiary/aromatic N) is 4. The van der Waals surface area contributed by atoms with Gasteiger partial charge in [-0.1, -0.05) is 6.07 Å². The number of benzene rings is 1. The van der Waals surface area contributed by atoms with Gasteiger partial charge in [-0.15, -0.1) is 0 Å². The lowest BCUT2D eigenvalue weighted by Crippen LogP contribution is -2.29. The van der Waals surface area contributed by atoms with Crippen LogP contribution in [0.25, 0.3) is 33.2 Å². The summed E-state index contributed by atoms with van der Waals surface area (Å²) >= 11 is 0. The molecular weight excluding hydrogens is 380 g/mol. The molecule has 0 bridgehead atoms. The topological polar surface area (TPSA) is 109 Å². The van der Waals surface area contributed by atoms with Crippen molar-refractivity contribution >= 4 is 28.0 Å². The van der Waals surface area contributed by atoms with E-state index in [-0.39, 0.29) is 12.1 Å². The predicted molar refractivity (Wildman–Crippen MR) is 115 cm³/mol. The van der Waals surface area contributed by atoms with Gasteiger partial charge in [0.05, 0.1) is 29.1 Å². The number of rotatable bonds is 5. The Balaban J connectivity index is 1.53. The fraction of sp³-hybridized carbons (Fsp3) is 0.364. The average molecular weight is 404 g/mol. The van der Waals surface area contributed by atoms with Crippen LogP contribution in [0.2, 0.25) is 0 Å². The quantitative estimate of drug-likeness (QED) is 0.465. The zero-order valence-corrected chi connectivity index (χ0v) is 16.8. The number of H-pyrrole nitrogens is 1. The Morgan fingerprint density at radius 3 is 2.70 bits per heavy atom. The number of hydrogen-bond donors (Lipinski definition) is 3. The molecule has 1 aliphatic rings. The van der Waals surface area contributed by atoms with Crippen molar-refractivity contribution in [3.8, 4) is 17.0 Å². The largest absolute Gasteiger partial charge is 0.477 e. The summed E-state index contributed by atoms with van der Waals surface area (Å²) in [5.74, 6) is 1.10. The van der Waals surface area contributed by atoms with Gasteiger partial charge < -0.3 is 20.1 Å². The number of aromatic nitrogens is 5. The molecule has 0 unspecified atom stereocenters. The second kappa shape index (κ2) is 7.87. The highest BCUT2D eigenvalue weighted by Crippen LogP contribution is 2.35. The Morgan fingerprint density at radius 1 is 1.10 bits per heavy atom. The normalized spacial score (nSPS) is 19.3. The highest BCUT2D eigenvalue weighted by Gasteiger charge is 2.22. The van der Waals surface area contributed by atoms with E-state index in [9.17, 15) is 5.11 Å². The fourth-order valence-corrected chi connectivity index (χ4v) is 4.07. The second-order valence-electron chi connectivity index (χ2n) is 7.62. The van der Waals surface area contributed by atoms with E-state index in [0.29, 0.717) is 18.4 Å². The van der Waals surface area contributed by atoms with Crippen molar-refractivity contribution in [2.45, 2.75) is 44.8 Å². The molecule has 1 aliphatic carbocycles. The maximum Gasteiger partial charge on any atom is 0.228 e. The van der Waals surface area contributed by atoms with E-state index in [1.165, 1.54) is 0 Å². The molecule has 0 spiro atoms. The Bertz CT molecular complexity index is 1180. The van der Waals surface area contributed by atoms with Crippen molar-refractivity contribution in [2.24, 2.45) is 0 Å². The molecular formula is C22H24N6O2. The molecule has 3 aromatic heterocycles. The number of hydrogen-bond acceptors (Lipinski definition) is 7. The van der Waals surface area contributed by atoms with E-state index in [4.69, 9.17) is 9.72 Å². The molecule has 0 saturated heterocycles. The van der Waals surface area contributed by atoms with Gasteiger partial charge in [0.15, 0.2) is 0 Å². The van der Waals surface area contributed by atoms with Crippen LogP contribution in [0.15, 0.2) is 36.8 Å². The molecule has 154 valence electrons. The lowest BCUT2D eigenvalue weighted by atomic mass is 9.93. The molecule has 0 aliphatic heterocycles. The Labute approximate surface area is 173 Å². The first kappa shape index (κ1) is 18.7. The molecule has 1 fully saturated rings. The molecule has 0 atom stereocenters. The SMILES string of the molecule is CCOc1nc(NC2CCC(O)CC2)nc2[nH]cc(-c3ccc4nccnc4c3)c12. The zero-order chi connectivity index (χ0) is 20.5. The van der Waals surface area contributed by atoms with Gasteiger partial charge >= 0.3 is 0 Å². The molecule has 0 radical (unpaired) electrons. The zero-order valence-electron chi connectivity index (χ0n) is 16.8. The summed E-state index contributed by atoms with van der Waals surface area (Å²) in [5, 5.41) is 14.0. The number of anilines is 1. The fourth-order valence-electron chi connectivity index (χ4n) is 4.07. The van der Waals surface area contributed by atoms with E-state index in [1.54, 1.807) is 12.4 Å². The van der Waals surface area contributed by atoms with Crippen LogP contribution in [0.4, 0.5) is 5.95 Å². The van der Waals surface area contributed by atoms with Crippen LogP contribution >= 0.6 is 0 Å². The van der Waals surface area contributed by atoms with E-state index < -0.39 is 0 Å². The third kappa shape index (κ3) is 3.54. The van der Waals surface area contributed by atoms with Gasteiger partial charge in [-0.2, -0.15) is 9.97 Å². The van der Waals surface area contributed by atoms with Crippen LogP contribution in [0, 0.1) is 0 Å². The molecule has 3 N–H and O–H groups in total. The summed E-state index contributed by atoms with van der Waals surface area (Å²) in [4.78, 5) is 21.4. The monoisotopic (exact) mass is 404 g/mol.